The largest absolute Gasteiger partial charge is 0.478 e. The summed E-state index contributed by atoms with van der Waals surface area (Å²) in [5.74, 6) is -0.926. The van der Waals surface area contributed by atoms with Crippen molar-refractivity contribution in [1.29, 1.82) is 0 Å². The lowest BCUT2D eigenvalue weighted by Gasteiger charge is -2.34. The van der Waals surface area contributed by atoms with Crippen LogP contribution < -0.4 is 10.2 Å². The van der Waals surface area contributed by atoms with Crippen LogP contribution in [0.25, 0.3) is 0 Å². The van der Waals surface area contributed by atoms with Crippen LogP contribution in [0.15, 0.2) is 12.3 Å². The second-order valence-electron chi connectivity index (χ2n) is 4.84. The zero-order valence-electron chi connectivity index (χ0n) is 10.9. The van der Waals surface area contributed by atoms with E-state index in [9.17, 15) is 9.18 Å². The number of hydrogen-bond donors (Lipinski definition) is 2. The van der Waals surface area contributed by atoms with Gasteiger partial charge >= 0.3 is 5.97 Å². The predicted octanol–water partition coefficient (Wildman–Crippen LogP) is 1.35. The van der Waals surface area contributed by atoms with Crippen molar-refractivity contribution in [1.82, 2.24) is 10.3 Å². The summed E-state index contributed by atoms with van der Waals surface area (Å²) in [6.45, 7) is 2.40. The van der Waals surface area contributed by atoms with Crippen LogP contribution in [0.1, 0.15) is 23.2 Å². The van der Waals surface area contributed by atoms with Gasteiger partial charge in [-0.1, -0.05) is 0 Å². The quantitative estimate of drug-likeness (QED) is 0.862. The van der Waals surface area contributed by atoms with Gasteiger partial charge in [0, 0.05) is 13.1 Å². The molecule has 2 heterocycles. The maximum atomic E-state index is 13.1. The summed E-state index contributed by atoms with van der Waals surface area (Å²) in [6.07, 6.45) is 3.18. The number of anilines is 1. The van der Waals surface area contributed by atoms with E-state index >= 15 is 0 Å². The number of pyridine rings is 1. The lowest BCUT2D eigenvalue weighted by atomic mass is 9.97. The first-order valence-electron chi connectivity index (χ1n) is 6.40. The summed E-state index contributed by atoms with van der Waals surface area (Å²) in [7, 11) is 1.90. The summed E-state index contributed by atoms with van der Waals surface area (Å²) < 4.78 is 13.1. The highest BCUT2D eigenvalue weighted by molar-refractivity contribution is 5.93. The molecule has 1 atom stereocenters. The van der Waals surface area contributed by atoms with E-state index in [-0.39, 0.29) is 5.56 Å². The van der Waals surface area contributed by atoms with Crippen molar-refractivity contribution in [2.75, 3.05) is 31.6 Å². The molecule has 1 aromatic rings. The van der Waals surface area contributed by atoms with E-state index in [1.54, 1.807) is 0 Å². The molecule has 1 saturated heterocycles. The van der Waals surface area contributed by atoms with Gasteiger partial charge in [-0.2, -0.15) is 0 Å². The molecule has 5 nitrogen and oxygen atoms in total. The molecular weight excluding hydrogens is 249 g/mol. The summed E-state index contributed by atoms with van der Waals surface area (Å²) >= 11 is 0. The maximum absolute atomic E-state index is 13.1. The number of aromatic carboxylic acids is 1. The minimum absolute atomic E-state index is 0.0647. The highest BCUT2D eigenvalue weighted by Crippen LogP contribution is 2.24. The maximum Gasteiger partial charge on any atom is 0.339 e. The number of carbonyl (C=O) groups is 1. The smallest absolute Gasteiger partial charge is 0.339 e. The van der Waals surface area contributed by atoms with E-state index < -0.39 is 11.8 Å². The number of carboxylic acids is 1. The van der Waals surface area contributed by atoms with Crippen molar-refractivity contribution >= 4 is 11.8 Å². The fraction of sp³-hybridized carbons (Fsp3) is 0.538. The van der Waals surface area contributed by atoms with Crippen molar-refractivity contribution < 1.29 is 14.3 Å². The Balaban J connectivity index is 2.23. The van der Waals surface area contributed by atoms with Crippen LogP contribution in [0.3, 0.4) is 0 Å². The zero-order valence-corrected chi connectivity index (χ0v) is 10.9. The Labute approximate surface area is 111 Å². The van der Waals surface area contributed by atoms with Crippen LogP contribution in [0, 0.1) is 11.7 Å². The Kier molecular flexibility index (Phi) is 4.31. The summed E-state index contributed by atoms with van der Waals surface area (Å²) in [5.41, 5.74) is -0.0647. The Morgan fingerprint density at radius 2 is 2.47 bits per heavy atom. The normalized spacial score (nSPS) is 19.5. The lowest BCUT2D eigenvalue weighted by Crippen LogP contribution is -2.40. The average Bonchev–Trinajstić information content (AvgIpc) is 2.39. The van der Waals surface area contributed by atoms with Crippen molar-refractivity contribution in [3.8, 4) is 0 Å². The summed E-state index contributed by atoms with van der Waals surface area (Å²) in [6, 6.07) is 1.03. The molecule has 6 heteroatoms. The van der Waals surface area contributed by atoms with Gasteiger partial charge in [0.25, 0.3) is 0 Å². The second-order valence-corrected chi connectivity index (χ2v) is 4.84. The molecule has 2 rings (SSSR count). The molecule has 0 aromatic carbocycles. The fourth-order valence-corrected chi connectivity index (χ4v) is 2.55. The highest BCUT2D eigenvalue weighted by Gasteiger charge is 2.24. The van der Waals surface area contributed by atoms with Crippen LogP contribution in [-0.2, 0) is 0 Å². The van der Waals surface area contributed by atoms with E-state index in [1.165, 1.54) is 0 Å². The van der Waals surface area contributed by atoms with Crippen LogP contribution >= 0.6 is 0 Å². The molecule has 0 saturated carbocycles. The first-order chi connectivity index (χ1) is 9.11. The minimum atomic E-state index is -1.14. The first-order valence-corrected chi connectivity index (χ1v) is 6.40. The van der Waals surface area contributed by atoms with E-state index in [0.717, 1.165) is 44.7 Å². The van der Waals surface area contributed by atoms with Crippen molar-refractivity contribution in [2.24, 2.45) is 5.92 Å². The van der Waals surface area contributed by atoms with Gasteiger partial charge < -0.3 is 15.3 Å². The molecule has 1 aromatic heterocycles. The van der Waals surface area contributed by atoms with Gasteiger partial charge in [0.1, 0.15) is 17.2 Å². The summed E-state index contributed by atoms with van der Waals surface area (Å²) in [4.78, 5) is 17.1. The van der Waals surface area contributed by atoms with Crippen LogP contribution in [0.4, 0.5) is 10.2 Å². The molecule has 0 aliphatic carbocycles. The van der Waals surface area contributed by atoms with Gasteiger partial charge in [-0.3, -0.25) is 0 Å². The van der Waals surface area contributed by atoms with Gasteiger partial charge in [0.05, 0.1) is 6.20 Å². The number of nitrogens with one attached hydrogen (secondary N) is 1. The molecule has 1 aliphatic heterocycles. The van der Waals surface area contributed by atoms with Crippen LogP contribution in [0.5, 0.6) is 0 Å². The molecule has 2 N–H and O–H groups in total. The molecule has 19 heavy (non-hydrogen) atoms. The zero-order chi connectivity index (χ0) is 13.8. The number of halogens is 1. The molecule has 0 spiro atoms. The molecule has 0 radical (unpaired) electrons. The number of piperidine rings is 1. The van der Waals surface area contributed by atoms with Crippen molar-refractivity contribution in [3.63, 3.8) is 0 Å². The SMILES string of the molecule is CNCC1CCCN(c2ncc(F)cc2C(=O)O)C1. The number of hydrogen-bond acceptors (Lipinski definition) is 4. The number of rotatable bonds is 4. The molecule has 1 fully saturated rings. The second kappa shape index (κ2) is 5.97. The van der Waals surface area contributed by atoms with Crippen molar-refractivity contribution in [2.45, 2.75) is 12.8 Å². The minimum Gasteiger partial charge on any atom is -0.478 e. The Hall–Kier alpha value is -1.69. The monoisotopic (exact) mass is 267 g/mol. The lowest BCUT2D eigenvalue weighted by molar-refractivity contribution is 0.0696. The number of carboxylic acid groups (broad SMARTS) is 1. The van der Waals surface area contributed by atoms with E-state index in [2.05, 4.69) is 10.3 Å². The third-order valence-corrected chi connectivity index (χ3v) is 3.38. The molecule has 104 valence electrons. The van der Waals surface area contributed by atoms with Gasteiger partial charge in [0.15, 0.2) is 0 Å². The average molecular weight is 267 g/mol. The van der Waals surface area contributed by atoms with Crippen LogP contribution in [-0.4, -0.2) is 42.7 Å². The Morgan fingerprint density at radius 1 is 1.68 bits per heavy atom. The summed E-state index contributed by atoms with van der Waals surface area (Å²) in [5, 5.41) is 12.3. The van der Waals surface area contributed by atoms with E-state index in [0.29, 0.717) is 11.7 Å². The predicted molar refractivity (Wildman–Crippen MR) is 70.0 cm³/mol. The molecule has 0 amide bonds. The van der Waals surface area contributed by atoms with Gasteiger partial charge in [0.2, 0.25) is 0 Å². The van der Waals surface area contributed by atoms with Crippen LogP contribution in [0.2, 0.25) is 0 Å². The molecular formula is C13H18FN3O2. The first kappa shape index (κ1) is 13.7. The van der Waals surface area contributed by atoms with Gasteiger partial charge in [-0.05, 0) is 38.4 Å². The molecule has 0 bridgehead atoms. The van der Waals surface area contributed by atoms with E-state index in [4.69, 9.17) is 5.11 Å². The van der Waals surface area contributed by atoms with Gasteiger partial charge in [-0.25, -0.2) is 14.2 Å². The Morgan fingerprint density at radius 3 is 3.16 bits per heavy atom. The Bertz CT molecular complexity index is 465. The van der Waals surface area contributed by atoms with Crippen molar-refractivity contribution in [3.05, 3.63) is 23.6 Å². The molecule has 1 unspecified atom stereocenters. The standard InChI is InChI=1S/C13H18FN3O2/c1-15-6-9-3-2-4-17(8-9)12-11(13(18)19)5-10(14)7-16-12/h5,7,9,15H,2-4,6,8H2,1H3,(H,18,19). The topological polar surface area (TPSA) is 65.5 Å². The third kappa shape index (κ3) is 3.20. The van der Waals surface area contributed by atoms with E-state index in [1.807, 2.05) is 11.9 Å². The molecule has 1 aliphatic rings. The number of nitrogens with zero attached hydrogens (tertiary/aromatic N) is 2. The fourth-order valence-electron chi connectivity index (χ4n) is 2.55. The third-order valence-electron chi connectivity index (χ3n) is 3.38. The van der Waals surface area contributed by atoms with Gasteiger partial charge in [-0.15, -0.1) is 0 Å². The number of aromatic nitrogens is 1. The highest BCUT2D eigenvalue weighted by atomic mass is 19.1.